The van der Waals surface area contributed by atoms with Gasteiger partial charge in [0.25, 0.3) is 0 Å². The lowest BCUT2D eigenvalue weighted by atomic mass is 10.2. The third kappa shape index (κ3) is 3.16. The zero-order valence-electron chi connectivity index (χ0n) is 10.8. The highest BCUT2D eigenvalue weighted by Crippen LogP contribution is 2.23. The minimum atomic E-state index is -1.19. The molecule has 110 valence electrons. The molecule has 0 aliphatic carbocycles. The number of nitro groups is 1. The number of aromatic carboxylic acids is 1. The molecule has 0 saturated carbocycles. The fraction of sp³-hybridized carbons (Fsp3) is 0.154. The molecule has 0 radical (unpaired) electrons. The second-order valence-electron chi connectivity index (χ2n) is 4.19. The molecule has 0 saturated heterocycles. The summed E-state index contributed by atoms with van der Waals surface area (Å²) in [5, 5.41) is 19.3. The molecule has 21 heavy (non-hydrogen) atoms. The molecule has 2 rings (SSSR count). The van der Waals surface area contributed by atoms with Gasteiger partial charge in [-0.25, -0.2) is 4.79 Å². The van der Waals surface area contributed by atoms with E-state index in [0.29, 0.717) is 5.56 Å². The normalized spacial score (nSPS) is 10.4. The lowest BCUT2D eigenvalue weighted by Crippen LogP contribution is -1.97. The third-order valence-corrected chi connectivity index (χ3v) is 2.66. The lowest BCUT2D eigenvalue weighted by molar-refractivity contribution is -0.387. The van der Waals surface area contributed by atoms with E-state index in [1.807, 2.05) is 0 Å². The number of hydrogen-bond acceptors (Lipinski definition) is 5. The number of aryl methyl sites for hydroxylation is 1. The topological polar surface area (TPSA) is 103 Å². The van der Waals surface area contributed by atoms with Crippen LogP contribution in [0.2, 0.25) is 0 Å². The van der Waals surface area contributed by atoms with Gasteiger partial charge in [-0.05, 0) is 19.1 Å². The minimum Gasteiger partial charge on any atom is -0.486 e. The molecule has 0 spiro atoms. The second-order valence-corrected chi connectivity index (χ2v) is 4.19. The summed E-state index contributed by atoms with van der Waals surface area (Å²) < 4.78 is 23.6. The van der Waals surface area contributed by atoms with Gasteiger partial charge in [-0.15, -0.1) is 0 Å². The van der Waals surface area contributed by atoms with Crippen molar-refractivity contribution in [3.63, 3.8) is 0 Å². The highest BCUT2D eigenvalue weighted by molar-refractivity contribution is 5.86. The summed E-state index contributed by atoms with van der Waals surface area (Å²) in [5.74, 6) is -2.07. The second kappa shape index (κ2) is 5.61. The number of rotatable bonds is 5. The van der Waals surface area contributed by atoms with Crippen molar-refractivity contribution in [2.24, 2.45) is 0 Å². The van der Waals surface area contributed by atoms with Gasteiger partial charge in [0, 0.05) is 17.7 Å². The van der Waals surface area contributed by atoms with Gasteiger partial charge in [0.05, 0.1) is 4.92 Å². The van der Waals surface area contributed by atoms with E-state index in [0.717, 1.165) is 12.1 Å². The van der Waals surface area contributed by atoms with E-state index in [-0.39, 0.29) is 23.9 Å². The van der Waals surface area contributed by atoms with E-state index in [1.165, 1.54) is 12.1 Å². The molecule has 0 aliphatic heterocycles. The molecule has 1 aromatic heterocycles. The summed E-state index contributed by atoms with van der Waals surface area (Å²) >= 11 is 0. The molecule has 0 bridgehead atoms. The smallest absolute Gasteiger partial charge is 0.372 e. The van der Waals surface area contributed by atoms with E-state index in [9.17, 15) is 19.3 Å². The maximum Gasteiger partial charge on any atom is 0.372 e. The van der Waals surface area contributed by atoms with Gasteiger partial charge in [-0.2, -0.15) is 4.39 Å². The van der Waals surface area contributed by atoms with Crippen LogP contribution in [0.1, 0.15) is 21.9 Å². The van der Waals surface area contributed by atoms with Crippen molar-refractivity contribution in [2.45, 2.75) is 13.5 Å². The van der Waals surface area contributed by atoms with Crippen molar-refractivity contribution in [1.29, 1.82) is 0 Å². The van der Waals surface area contributed by atoms with Crippen LogP contribution in [0.25, 0.3) is 0 Å². The molecule has 8 heteroatoms. The number of nitro benzene ring substituents is 1. The molecule has 7 nitrogen and oxygen atoms in total. The maximum atomic E-state index is 13.4. The monoisotopic (exact) mass is 295 g/mol. The first kappa shape index (κ1) is 14.5. The molecule has 0 amide bonds. The Morgan fingerprint density at radius 1 is 1.48 bits per heavy atom. The molecule has 2 aromatic rings. The number of halogens is 1. The van der Waals surface area contributed by atoms with Gasteiger partial charge >= 0.3 is 11.7 Å². The molecular formula is C13H10FNO6. The first-order valence-corrected chi connectivity index (χ1v) is 5.78. The van der Waals surface area contributed by atoms with Crippen LogP contribution in [0, 0.1) is 22.9 Å². The average Bonchev–Trinajstić information content (AvgIpc) is 2.77. The first-order valence-electron chi connectivity index (χ1n) is 5.78. The Morgan fingerprint density at radius 2 is 2.19 bits per heavy atom. The summed E-state index contributed by atoms with van der Waals surface area (Å²) in [6.07, 6.45) is 0. The van der Waals surface area contributed by atoms with E-state index >= 15 is 0 Å². The summed E-state index contributed by atoms with van der Waals surface area (Å²) in [6.45, 7) is 1.45. The Balaban J connectivity index is 2.10. The molecule has 0 unspecified atom stereocenters. The fourth-order valence-corrected chi connectivity index (χ4v) is 1.71. The zero-order chi connectivity index (χ0) is 15.6. The molecule has 1 aromatic carbocycles. The Labute approximate surface area is 117 Å². The van der Waals surface area contributed by atoms with E-state index in [2.05, 4.69) is 0 Å². The Bertz CT molecular complexity index is 709. The van der Waals surface area contributed by atoms with Crippen molar-refractivity contribution in [3.05, 3.63) is 57.3 Å². The van der Waals surface area contributed by atoms with Crippen LogP contribution in [0.4, 0.5) is 10.1 Å². The van der Waals surface area contributed by atoms with Gasteiger partial charge in [0.2, 0.25) is 11.6 Å². The standard InChI is InChI=1S/C13H10FNO6/c1-7-4-9(21-12(7)13(16)17)6-20-8-2-3-11(15(18)19)10(14)5-8/h2-5H,6H2,1H3,(H,16,17). The summed E-state index contributed by atoms with van der Waals surface area (Å²) in [5.41, 5.74) is -0.208. The van der Waals surface area contributed by atoms with Crippen LogP contribution in [-0.4, -0.2) is 16.0 Å². The fourth-order valence-electron chi connectivity index (χ4n) is 1.71. The Morgan fingerprint density at radius 3 is 2.71 bits per heavy atom. The molecular weight excluding hydrogens is 285 g/mol. The predicted octanol–water partition coefficient (Wildman–Crippen LogP) is 2.91. The SMILES string of the molecule is Cc1cc(COc2ccc([N+](=O)[O-])c(F)c2)oc1C(=O)O. The Kier molecular flexibility index (Phi) is 3.88. The summed E-state index contributed by atoms with van der Waals surface area (Å²) in [6, 6.07) is 4.60. The Hall–Kier alpha value is -2.90. The number of nitrogens with zero attached hydrogens (tertiary/aromatic N) is 1. The number of furan rings is 1. The summed E-state index contributed by atoms with van der Waals surface area (Å²) in [4.78, 5) is 20.4. The van der Waals surface area contributed by atoms with Gasteiger partial charge in [0.15, 0.2) is 0 Å². The van der Waals surface area contributed by atoms with Crippen LogP contribution in [0.3, 0.4) is 0 Å². The molecule has 1 N–H and O–H groups in total. The van der Waals surface area contributed by atoms with Crippen molar-refractivity contribution >= 4 is 11.7 Å². The van der Waals surface area contributed by atoms with Gasteiger partial charge < -0.3 is 14.3 Å². The van der Waals surface area contributed by atoms with Crippen molar-refractivity contribution in [1.82, 2.24) is 0 Å². The average molecular weight is 295 g/mol. The number of ether oxygens (including phenoxy) is 1. The number of carboxylic acids is 1. The van der Waals surface area contributed by atoms with Crippen molar-refractivity contribution < 1.29 is 28.4 Å². The zero-order valence-corrected chi connectivity index (χ0v) is 10.8. The van der Waals surface area contributed by atoms with Crippen molar-refractivity contribution in [3.8, 4) is 5.75 Å². The third-order valence-electron chi connectivity index (χ3n) is 2.66. The van der Waals surface area contributed by atoms with Crippen LogP contribution in [-0.2, 0) is 6.61 Å². The number of hydrogen-bond donors (Lipinski definition) is 1. The largest absolute Gasteiger partial charge is 0.486 e. The summed E-state index contributed by atoms with van der Waals surface area (Å²) in [7, 11) is 0. The quantitative estimate of drug-likeness (QED) is 0.672. The van der Waals surface area contributed by atoms with Crippen LogP contribution in [0.5, 0.6) is 5.75 Å². The van der Waals surface area contributed by atoms with Gasteiger partial charge in [0.1, 0.15) is 18.1 Å². The van der Waals surface area contributed by atoms with E-state index in [1.54, 1.807) is 6.92 Å². The van der Waals surface area contributed by atoms with E-state index in [4.69, 9.17) is 14.3 Å². The van der Waals surface area contributed by atoms with Crippen LogP contribution in [0.15, 0.2) is 28.7 Å². The molecule has 1 heterocycles. The van der Waals surface area contributed by atoms with Crippen LogP contribution < -0.4 is 4.74 Å². The molecule has 0 fully saturated rings. The van der Waals surface area contributed by atoms with Crippen molar-refractivity contribution in [2.75, 3.05) is 0 Å². The number of carboxylic acid groups (broad SMARTS) is 1. The number of carbonyl (C=O) groups is 1. The van der Waals surface area contributed by atoms with E-state index < -0.39 is 22.4 Å². The lowest BCUT2D eigenvalue weighted by Gasteiger charge is -2.04. The van der Waals surface area contributed by atoms with Gasteiger partial charge in [-0.1, -0.05) is 0 Å². The predicted molar refractivity (Wildman–Crippen MR) is 67.8 cm³/mol. The minimum absolute atomic E-state index is 0.0732. The first-order chi connectivity index (χ1) is 9.88. The van der Waals surface area contributed by atoms with Gasteiger partial charge in [-0.3, -0.25) is 10.1 Å². The van der Waals surface area contributed by atoms with Crippen LogP contribution >= 0.6 is 0 Å². The highest BCUT2D eigenvalue weighted by atomic mass is 19.1. The highest BCUT2D eigenvalue weighted by Gasteiger charge is 2.16. The molecule has 0 atom stereocenters. The maximum absolute atomic E-state index is 13.4. The molecule has 0 aliphatic rings. The number of benzene rings is 1.